The van der Waals surface area contributed by atoms with Gasteiger partial charge >= 0.3 is 0 Å². The number of amides is 1. The van der Waals surface area contributed by atoms with Crippen LogP contribution in [0.3, 0.4) is 0 Å². The van der Waals surface area contributed by atoms with Crippen molar-refractivity contribution in [3.63, 3.8) is 0 Å². The highest BCUT2D eigenvalue weighted by molar-refractivity contribution is 7.92. The molecule has 1 N–H and O–H groups in total. The summed E-state index contributed by atoms with van der Waals surface area (Å²) < 4.78 is 32.0. The van der Waals surface area contributed by atoms with E-state index < -0.39 is 10.0 Å². The van der Waals surface area contributed by atoms with Crippen molar-refractivity contribution in [3.8, 4) is 5.75 Å². The van der Waals surface area contributed by atoms with E-state index in [4.69, 9.17) is 4.74 Å². The SMILES string of the molecule is COc1cc(C)c([C@@H](C)NC(=O)c2ccc(CN(c3ccc(C)c(C)c3)S(C)(=O)=O)cc2)cc1C(C)C. The molecule has 3 aromatic carbocycles. The van der Waals surface area contributed by atoms with Crippen LogP contribution in [0, 0.1) is 20.8 Å². The minimum Gasteiger partial charge on any atom is -0.496 e. The van der Waals surface area contributed by atoms with Gasteiger partial charge in [0.25, 0.3) is 5.91 Å². The number of hydrogen-bond acceptors (Lipinski definition) is 4. The van der Waals surface area contributed by atoms with Gasteiger partial charge in [-0.15, -0.1) is 0 Å². The molecule has 0 saturated heterocycles. The fourth-order valence-corrected chi connectivity index (χ4v) is 5.26. The van der Waals surface area contributed by atoms with Crippen LogP contribution in [-0.2, 0) is 16.6 Å². The first-order valence-electron chi connectivity index (χ1n) is 12.4. The fourth-order valence-electron chi connectivity index (χ4n) is 4.38. The summed E-state index contributed by atoms with van der Waals surface area (Å²) in [6, 6.07) is 16.6. The van der Waals surface area contributed by atoms with Gasteiger partial charge in [0, 0.05) is 5.56 Å². The summed E-state index contributed by atoms with van der Waals surface area (Å²) in [5.74, 6) is 0.962. The van der Waals surface area contributed by atoms with Crippen LogP contribution in [0.2, 0.25) is 0 Å². The van der Waals surface area contributed by atoms with E-state index in [1.165, 1.54) is 10.6 Å². The molecule has 0 aliphatic heterocycles. The molecule has 1 atom stereocenters. The number of rotatable bonds is 9. The Morgan fingerprint density at radius 1 is 0.892 bits per heavy atom. The number of anilines is 1. The molecule has 37 heavy (non-hydrogen) atoms. The van der Waals surface area contributed by atoms with E-state index >= 15 is 0 Å². The zero-order valence-corrected chi connectivity index (χ0v) is 23.9. The smallest absolute Gasteiger partial charge is 0.251 e. The normalized spacial score (nSPS) is 12.4. The molecule has 0 bridgehead atoms. The number of sulfonamides is 1. The highest BCUT2D eigenvalue weighted by Crippen LogP contribution is 2.32. The molecule has 6 nitrogen and oxygen atoms in total. The van der Waals surface area contributed by atoms with E-state index in [2.05, 4.69) is 25.2 Å². The predicted octanol–water partition coefficient (Wildman–Crippen LogP) is 6.20. The Kier molecular flexibility index (Phi) is 8.69. The van der Waals surface area contributed by atoms with Crippen molar-refractivity contribution < 1.29 is 17.9 Å². The Hall–Kier alpha value is -3.32. The number of hydrogen-bond donors (Lipinski definition) is 1. The first-order valence-corrected chi connectivity index (χ1v) is 14.3. The van der Waals surface area contributed by atoms with Gasteiger partial charge in [-0.05, 0) is 103 Å². The summed E-state index contributed by atoms with van der Waals surface area (Å²) in [4.78, 5) is 13.0. The third-order valence-electron chi connectivity index (χ3n) is 6.78. The van der Waals surface area contributed by atoms with E-state index in [9.17, 15) is 13.2 Å². The average Bonchev–Trinajstić information content (AvgIpc) is 2.83. The largest absolute Gasteiger partial charge is 0.496 e. The van der Waals surface area contributed by atoms with Crippen LogP contribution in [0.4, 0.5) is 5.69 Å². The lowest BCUT2D eigenvalue weighted by Gasteiger charge is -2.23. The minimum absolute atomic E-state index is 0.183. The maximum Gasteiger partial charge on any atom is 0.251 e. The lowest BCUT2D eigenvalue weighted by Crippen LogP contribution is -2.29. The lowest BCUT2D eigenvalue weighted by atomic mass is 9.93. The Morgan fingerprint density at radius 2 is 1.54 bits per heavy atom. The molecule has 198 valence electrons. The summed E-state index contributed by atoms with van der Waals surface area (Å²) in [7, 11) is -1.82. The van der Waals surface area contributed by atoms with Crippen molar-refractivity contribution in [2.75, 3.05) is 17.7 Å². The number of nitrogens with zero attached hydrogens (tertiary/aromatic N) is 1. The molecule has 3 aromatic rings. The van der Waals surface area contributed by atoms with E-state index in [1.54, 1.807) is 31.4 Å². The van der Waals surface area contributed by atoms with E-state index in [1.807, 2.05) is 52.0 Å². The second-order valence-electron chi connectivity index (χ2n) is 10.0. The van der Waals surface area contributed by atoms with Crippen molar-refractivity contribution in [1.82, 2.24) is 5.32 Å². The quantitative estimate of drug-likeness (QED) is 0.363. The number of ether oxygens (including phenoxy) is 1. The summed E-state index contributed by atoms with van der Waals surface area (Å²) >= 11 is 0. The van der Waals surface area contributed by atoms with Gasteiger partial charge in [-0.25, -0.2) is 8.42 Å². The van der Waals surface area contributed by atoms with Crippen LogP contribution in [0.1, 0.15) is 76.5 Å². The van der Waals surface area contributed by atoms with Crippen LogP contribution in [-0.4, -0.2) is 27.7 Å². The van der Waals surface area contributed by atoms with Crippen molar-refractivity contribution in [1.29, 1.82) is 0 Å². The van der Waals surface area contributed by atoms with E-state index in [0.717, 1.165) is 39.1 Å². The maximum atomic E-state index is 13.0. The fraction of sp³-hybridized carbons (Fsp3) is 0.367. The zero-order valence-electron chi connectivity index (χ0n) is 23.0. The van der Waals surface area contributed by atoms with E-state index in [-0.39, 0.29) is 18.5 Å². The van der Waals surface area contributed by atoms with Gasteiger partial charge in [-0.1, -0.05) is 32.0 Å². The number of benzene rings is 3. The molecule has 1 amide bonds. The van der Waals surface area contributed by atoms with Gasteiger partial charge in [0.15, 0.2) is 0 Å². The van der Waals surface area contributed by atoms with Crippen LogP contribution >= 0.6 is 0 Å². The molecule has 0 aliphatic rings. The van der Waals surface area contributed by atoms with Crippen molar-refractivity contribution in [2.45, 2.75) is 60.0 Å². The van der Waals surface area contributed by atoms with Gasteiger partial charge in [0.05, 0.1) is 31.6 Å². The first-order chi connectivity index (χ1) is 17.3. The Labute approximate surface area is 221 Å². The summed E-state index contributed by atoms with van der Waals surface area (Å²) in [5, 5.41) is 3.09. The molecule has 0 fully saturated rings. The molecular formula is C30H38N2O4S. The highest BCUT2D eigenvalue weighted by Gasteiger charge is 2.20. The molecule has 0 spiro atoms. The molecule has 0 aliphatic carbocycles. The molecule has 0 aromatic heterocycles. The van der Waals surface area contributed by atoms with Crippen LogP contribution in [0.25, 0.3) is 0 Å². The molecule has 3 rings (SSSR count). The van der Waals surface area contributed by atoms with Crippen LogP contribution in [0.15, 0.2) is 54.6 Å². The molecule has 7 heteroatoms. The molecular weight excluding hydrogens is 484 g/mol. The molecule has 0 saturated carbocycles. The van der Waals surface area contributed by atoms with Gasteiger partial charge in [0.1, 0.15) is 5.75 Å². The number of methoxy groups -OCH3 is 1. The minimum atomic E-state index is -3.49. The third-order valence-corrected chi connectivity index (χ3v) is 7.92. The number of aryl methyl sites for hydroxylation is 3. The Morgan fingerprint density at radius 3 is 2.08 bits per heavy atom. The van der Waals surface area contributed by atoms with Crippen LogP contribution in [0.5, 0.6) is 5.75 Å². The van der Waals surface area contributed by atoms with Gasteiger partial charge in [0.2, 0.25) is 10.0 Å². The zero-order chi connectivity index (χ0) is 27.5. The van der Waals surface area contributed by atoms with Crippen molar-refractivity contribution in [3.05, 3.63) is 93.5 Å². The highest BCUT2D eigenvalue weighted by atomic mass is 32.2. The second-order valence-corrected chi connectivity index (χ2v) is 11.9. The Balaban J connectivity index is 1.77. The summed E-state index contributed by atoms with van der Waals surface area (Å²) in [5.41, 5.74) is 7.27. The summed E-state index contributed by atoms with van der Waals surface area (Å²) in [6.45, 7) is 12.4. The number of carbonyl (C=O) groups is 1. The lowest BCUT2D eigenvalue weighted by molar-refractivity contribution is 0.0939. The Bertz CT molecular complexity index is 1380. The maximum absolute atomic E-state index is 13.0. The standard InChI is InChI=1S/C30H38N2O4S/c1-19(2)27-17-28(22(5)16-29(27)36-7)23(6)31-30(33)25-12-10-24(11-13-25)18-32(37(8,34)35)26-14-9-20(3)21(4)15-26/h9-17,19,23H,18H2,1-8H3,(H,31,33)/t23-/m1/s1. The monoisotopic (exact) mass is 522 g/mol. The van der Waals surface area contributed by atoms with Gasteiger partial charge in [-0.3, -0.25) is 9.10 Å². The first kappa shape index (κ1) is 28.3. The van der Waals surface area contributed by atoms with E-state index in [0.29, 0.717) is 17.2 Å². The third kappa shape index (κ3) is 6.72. The predicted molar refractivity (Wildman–Crippen MR) is 151 cm³/mol. The van der Waals surface area contributed by atoms with Crippen molar-refractivity contribution in [2.24, 2.45) is 0 Å². The molecule has 0 unspecified atom stereocenters. The van der Waals surface area contributed by atoms with Crippen molar-refractivity contribution >= 4 is 21.6 Å². The second kappa shape index (κ2) is 11.4. The molecule has 0 heterocycles. The number of nitrogens with one attached hydrogen (secondary N) is 1. The summed E-state index contributed by atoms with van der Waals surface area (Å²) in [6.07, 6.45) is 1.21. The van der Waals surface area contributed by atoms with Gasteiger partial charge in [-0.2, -0.15) is 0 Å². The van der Waals surface area contributed by atoms with Gasteiger partial charge < -0.3 is 10.1 Å². The number of carbonyl (C=O) groups excluding carboxylic acids is 1. The molecule has 0 radical (unpaired) electrons. The van der Waals surface area contributed by atoms with Crippen LogP contribution < -0.4 is 14.4 Å². The topological polar surface area (TPSA) is 75.7 Å². The average molecular weight is 523 g/mol.